The standard InChI is InChI=1S/C6H9F/c1-4-5(2)6(3)7/h1,5-6H,2-3H3. The molecule has 0 spiro atoms. The molecular formula is C6H9F. The van der Waals surface area contributed by atoms with Gasteiger partial charge in [0.25, 0.3) is 0 Å². The van der Waals surface area contributed by atoms with Gasteiger partial charge < -0.3 is 0 Å². The molecule has 0 amide bonds. The number of rotatable bonds is 1. The van der Waals surface area contributed by atoms with E-state index in [9.17, 15) is 4.39 Å². The van der Waals surface area contributed by atoms with E-state index in [4.69, 9.17) is 6.42 Å². The summed E-state index contributed by atoms with van der Waals surface area (Å²) in [5, 5.41) is 0. The van der Waals surface area contributed by atoms with E-state index in [-0.39, 0.29) is 5.92 Å². The Hall–Kier alpha value is -0.510. The third-order valence-electron chi connectivity index (χ3n) is 0.952. The molecule has 0 aromatic rings. The van der Waals surface area contributed by atoms with E-state index in [0.29, 0.717) is 0 Å². The third kappa shape index (κ3) is 2.22. The van der Waals surface area contributed by atoms with Gasteiger partial charge in [-0.3, -0.25) is 0 Å². The first-order chi connectivity index (χ1) is 3.18. The van der Waals surface area contributed by atoms with Gasteiger partial charge in [0.05, 0.1) is 0 Å². The van der Waals surface area contributed by atoms with Crippen LogP contribution in [0.4, 0.5) is 4.39 Å². The molecule has 0 N–H and O–H groups in total. The molecule has 7 heavy (non-hydrogen) atoms. The first kappa shape index (κ1) is 6.49. The summed E-state index contributed by atoms with van der Waals surface area (Å²) < 4.78 is 12.0. The quantitative estimate of drug-likeness (QED) is 0.439. The van der Waals surface area contributed by atoms with Crippen LogP contribution in [0.2, 0.25) is 0 Å². The molecule has 0 aliphatic carbocycles. The zero-order valence-electron chi connectivity index (χ0n) is 4.61. The van der Waals surface area contributed by atoms with E-state index in [0.717, 1.165) is 0 Å². The lowest BCUT2D eigenvalue weighted by atomic mass is 10.1. The Balaban J connectivity index is 3.40. The smallest absolute Gasteiger partial charge is 0.111 e. The number of terminal acetylenes is 1. The summed E-state index contributed by atoms with van der Waals surface area (Å²) in [6.45, 7) is 3.15. The van der Waals surface area contributed by atoms with Crippen molar-refractivity contribution >= 4 is 0 Å². The lowest BCUT2D eigenvalue weighted by molar-refractivity contribution is 0.307. The molecule has 0 aliphatic rings. The van der Waals surface area contributed by atoms with Crippen LogP contribution in [0.25, 0.3) is 0 Å². The Kier molecular flexibility index (Phi) is 2.44. The van der Waals surface area contributed by atoms with Crippen molar-refractivity contribution in [2.45, 2.75) is 20.0 Å². The summed E-state index contributed by atoms with van der Waals surface area (Å²) in [5.74, 6) is 2.05. The molecule has 0 radical (unpaired) electrons. The summed E-state index contributed by atoms with van der Waals surface area (Å²) >= 11 is 0. The minimum atomic E-state index is -0.870. The average Bonchev–Trinajstić information content (AvgIpc) is 1.65. The van der Waals surface area contributed by atoms with Gasteiger partial charge in [-0.05, 0) is 13.8 Å². The van der Waals surface area contributed by atoms with Crippen LogP contribution < -0.4 is 0 Å². The molecule has 0 rings (SSSR count). The van der Waals surface area contributed by atoms with Crippen molar-refractivity contribution in [1.29, 1.82) is 0 Å². The van der Waals surface area contributed by atoms with Crippen LogP contribution in [0.15, 0.2) is 0 Å². The van der Waals surface area contributed by atoms with Gasteiger partial charge in [-0.2, -0.15) is 0 Å². The van der Waals surface area contributed by atoms with Gasteiger partial charge in [0.1, 0.15) is 6.17 Å². The Labute approximate surface area is 43.7 Å². The van der Waals surface area contributed by atoms with Crippen LogP contribution in [0, 0.1) is 18.3 Å². The van der Waals surface area contributed by atoms with Gasteiger partial charge >= 0.3 is 0 Å². The summed E-state index contributed by atoms with van der Waals surface area (Å²) in [5.41, 5.74) is 0. The van der Waals surface area contributed by atoms with Crippen molar-refractivity contribution in [3.05, 3.63) is 0 Å². The summed E-state index contributed by atoms with van der Waals surface area (Å²) in [7, 11) is 0. The van der Waals surface area contributed by atoms with Crippen LogP contribution in [-0.4, -0.2) is 6.17 Å². The molecular weight excluding hydrogens is 91.1 g/mol. The van der Waals surface area contributed by atoms with E-state index in [2.05, 4.69) is 5.92 Å². The number of alkyl halides is 1. The van der Waals surface area contributed by atoms with Gasteiger partial charge in [0, 0.05) is 5.92 Å². The molecule has 0 saturated carbocycles. The SMILES string of the molecule is C#CC(C)C(C)F. The highest BCUT2D eigenvalue weighted by molar-refractivity contribution is 4.92. The average molecular weight is 100 g/mol. The fourth-order valence-electron chi connectivity index (χ4n) is 0.133. The molecule has 2 unspecified atom stereocenters. The maximum Gasteiger partial charge on any atom is 0.111 e. The minimum Gasteiger partial charge on any atom is -0.246 e. The number of hydrogen-bond donors (Lipinski definition) is 0. The molecule has 0 nitrogen and oxygen atoms in total. The second-order valence-corrected chi connectivity index (χ2v) is 1.63. The van der Waals surface area contributed by atoms with E-state index in [1.54, 1.807) is 6.92 Å². The maximum atomic E-state index is 12.0. The molecule has 40 valence electrons. The number of halogens is 1. The van der Waals surface area contributed by atoms with Crippen molar-refractivity contribution in [1.82, 2.24) is 0 Å². The predicted molar refractivity (Wildman–Crippen MR) is 28.6 cm³/mol. The highest BCUT2D eigenvalue weighted by atomic mass is 19.1. The predicted octanol–water partition coefficient (Wildman–Crippen LogP) is 1.61. The van der Waals surface area contributed by atoms with E-state index in [1.807, 2.05) is 0 Å². The van der Waals surface area contributed by atoms with Crippen LogP contribution in [-0.2, 0) is 0 Å². The lowest BCUT2D eigenvalue weighted by Gasteiger charge is -2.00. The van der Waals surface area contributed by atoms with Crippen molar-refractivity contribution < 1.29 is 4.39 Å². The van der Waals surface area contributed by atoms with Crippen molar-refractivity contribution in [2.75, 3.05) is 0 Å². The van der Waals surface area contributed by atoms with Crippen molar-refractivity contribution in [2.24, 2.45) is 5.92 Å². The second kappa shape index (κ2) is 2.63. The van der Waals surface area contributed by atoms with Crippen LogP contribution in [0.1, 0.15) is 13.8 Å². The molecule has 1 heteroatoms. The molecule has 0 aromatic carbocycles. The van der Waals surface area contributed by atoms with Crippen LogP contribution >= 0.6 is 0 Å². The van der Waals surface area contributed by atoms with Crippen LogP contribution in [0.3, 0.4) is 0 Å². The van der Waals surface area contributed by atoms with Crippen molar-refractivity contribution in [3.63, 3.8) is 0 Å². The number of hydrogen-bond acceptors (Lipinski definition) is 0. The first-order valence-electron chi connectivity index (χ1n) is 2.28. The molecule has 0 heterocycles. The van der Waals surface area contributed by atoms with E-state index in [1.165, 1.54) is 6.92 Å². The molecule has 0 aliphatic heterocycles. The fourth-order valence-corrected chi connectivity index (χ4v) is 0.133. The maximum absolute atomic E-state index is 12.0. The Morgan fingerprint density at radius 3 is 2.00 bits per heavy atom. The first-order valence-corrected chi connectivity index (χ1v) is 2.28. The fraction of sp³-hybridized carbons (Fsp3) is 0.667. The molecule has 2 atom stereocenters. The summed E-state index contributed by atoms with van der Waals surface area (Å²) in [4.78, 5) is 0. The monoisotopic (exact) mass is 100 g/mol. The molecule has 0 bridgehead atoms. The second-order valence-electron chi connectivity index (χ2n) is 1.63. The minimum absolute atomic E-state index is 0.236. The van der Waals surface area contributed by atoms with Gasteiger partial charge in [0.2, 0.25) is 0 Å². The zero-order valence-corrected chi connectivity index (χ0v) is 4.61. The molecule has 0 aromatic heterocycles. The van der Waals surface area contributed by atoms with Crippen molar-refractivity contribution in [3.8, 4) is 12.3 Å². The largest absolute Gasteiger partial charge is 0.246 e. The molecule has 0 fully saturated rings. The lowest BCUT2D eigenvalue weighted by Crippen LogP contribution is -2.03. The Bertz CT molecular complexity index is 78.7. The Morgan fingerprint density at radius 2 is 2.00 bits per heavy atom. The van der Waals surface area contributed by atoms with Gasteiger partial charge in [-0.25, -0.2) is 4.39 Å². The van der Waals surface area contributed by atoms with E-state index >= 15 is 0 Å². The summed E-state index contributed by atoms with van der Waals surface area (Å²) in [6, 6.07) is 0. The highest BCUT2D eigenvalue weighted by Gasteiger charge is 2.04. The van der Waals surface area contributed by atoms with Gasteiger partial charge in [-0.1, -0.05) is 0 Å². The topological polar surface area (TPSA) is 0 Å². The highest BCUT2D eigenvalue weighted by Crippen LogP contribution is 2.02. The van der Waals surface area contributed by atoms with Gasteiger partial charge in [0.15, 0.2) is 0 Å². The van der Waals surface area contributed by atoms with E-state index < -0.39 is 6.17 Å². The third-order valence-corrected chi connectivity index (χ3v) is 0.952. The summed E-state index contributed by atoms with van der Waals surface area (Å²) in [6.07, 6.45) is 4.01. The Morgan fingerprint density at radius 1 is 1.57 bits per heavy atom. The van der Waals surface area contributed by atoms with Gasteiger partial charge in [-0.15, -0.1) is 12.3 Å². The normalized spacial score (nSPS) is 17.4. The van der Waals surface area contributed by atoms with Crippen LogP contribution in [0.5, 0.6) is 0 Å². The zero-order chi connectivity index (χ0) is 5.86. The molecule has 0 saturated heterocycles.